The van der Waals surface area contributed by atoms with E-state index in [-0.39, 0.29) is 0 Å². The lowest BCUT2D eigenvalue weighted by molar-refractivity contribution is -0.922. The van der Waals surface area contributed by atoms with E-state index < -0.39 is 0 Å². The summed E-state index contributed by atoms with van der Waals surface area (Å²) in [5.41, 5.74) is 7.27. The molecule has 0 spiro atoms. The molecule has 0 heterocycles. The molecule has 0 radical (unpaired) electrons. The van der Waals surface area contributed by atoms with Crippen molar-refractivity contribution >= 4 is 0 Å². The Balaban J connectivity index is 1.97. The molecule has 0 aliphatic rings. The summed E-state index contributed by atoms with van der Waals surface area (Å²) in [5, 5.41) is 0. The lowest BCUT2D eigenvalue weighted by Crippen LogP contribution is -2.45. The van der Waals surface area contributed by atoms with Crippen LogP contribution in [-0.2, 0) is 6.54 Å². The van der Waals surface area contributed by atoms with Gasteiger partial charge in [-0.15, -0.1) is 0 Å². The highest BCUT2D eigenvalue weighted by atomic mass is 15.3. The predicted molar refractivity (Wildman–Crippen MR) is 144 cm³/mol. The Morgan fingerprint density at radius 3 is 1.53 bits per heavy atom. The first-order valence-electron chi connectivity index (χ1n) is 14.1. The Bertz CT molecular complexity index is 513. The van der Waals surface area contributed by atoms with Gasteiger partial charge in [-0.2, -0.15) is 0 Å². The van der Waals surface area contributed by atoms with Crippen LogP contribution in [0.5, 0.6) is 0 Å². The van der Waals surface area contributed by atoms with Crippen molar-refractivity contribution in [3.05, 3.63) is 35.9 Å². The first kappa shape index (κ1) is 29.2. The highest BCUT2D eigenvalue weighted by molar-refractivity contribution is 5.13. The monoisotopic (exact) mass is 445 g/mol. The second kappa shape index (κ2) is 19.6. The van der Waals surface area contributed by atoms with E-state index >= 15 is 0 Å². The number of rotatable bonds is 22. The molecule has 0 aliphatic heterocycles. The van der Waals surface area contributed by atoms with Crippen molar-refractivity contribution in [1.82, 2.24) is 0 Å². The lowest BCUT2D eigenvalue weighted by atomic mass is 10.0. The Labute approximate surface area is 201 Å². The molecule has 2 heteroatoms. The third-order valence-electron chi connectivity index (χ3n) is 7.04. The molecule has 186 valence electrons. The minimum absolute atomic E-state index is 0.806. The van der Waals surface area contributed by atoms with Crippen LogP contribution in [0.4, 0.5) is 0 Å². The van der Waals surface area contributed by atoms with E-state index in [4.69, 9.17) is 5.73 Å². The van der Waals surface area contributed by atoms with Gasteiger partial charge in [-0.25, -0.2) is 0 Å². The molecule has 1 atom stereocenters. The second-order valence-corrected chi connectivity index (χ2v) is 11.0. The number of benzene rings is 1. The second-order valence-electron chi connectivity index (χ2n) is 11.0. The zero-order valence-corrected chi connectivity index (χ0v) is 22.1. The predicted octanol–water partition coefficient (Wildman–Crippen LogP) is 8.49. The average molecular weight is 446 g/mol. The summed E-state index contributed by atoms with van der Waals surface area (Å²) in [6.45, 7) is 9.11. The summed E-state index contributed by atoms with van der Waals surface area (Å²) < 4.78 is 1.14. The van der Waals surface area contributed by atoms with Gasteiger partial charge in [0, 0.05) is 12.0 Å². The van der Waals surface area contributed by atoms with Crippen LogP contribution >= 0.6 is 0 Å². The summed E-state index contributed by atoms with van der Waals surface area (Å²) in [5.74, 6) is 0.885. The van der Waals surface area contributed by atoms with Gasteiger partial charge in [0.2, 0.25) is 0 Å². The van der Waals surface area contributed by atoms with Crippen LogP contribution in [0.3, 0.4) is 0 Å². The largest absolute Gasteiger partial charge is 0.330 e. The maximum absolute atomic E-state index is 5.81. The maximum Gasteiger partial charge on any atom is 0.104 e. The van der Waals surface area contributed by atoms with E-state index in [9.17, 15) is 0 Å². The molecule has 1 rings (SSSR count). The van der Waals surface area contributed by atoms with E-state index in [0.29, 0.717) is 0 Å². The molecular formula is C30H57N2+. The van der Waals surface area contributed by atoms with E-state index in [1.54, 1.807) is 0 Å². The molecule has 2 nitrogen and oxygen atoms in total. The molecule has 32 heavy (non-hydrogen) atoms. The Hall–Kier alpha value is -0.860. The van der Waals surface area contributed by atoms with Gasteiger partial charge in [-0.1, -0.05) is 128 Å². The number of nitrogens with zero attached hydrogens (tertiary/aromatic N) is 1. The summed E-state index contributed by atoms with van der Waals surface area (Å²) in [6, 6.07) is 11.0. The van der Waals surface area contributed by atoms with Gasteiger partial charge in [0.25, 0.3) is 0 Å². The van der Waals surface area contributed by atoms with Crippen molar-refractivity contribution in [2.24, 2.45) is 11.7 Å². The molecule has 0 fully saturated rings. The molecule has 1 aromatic carbocycles. The van der Waals surface area contributed by atoms with Crippen LogP contribution in [0.25, 0.3) is 0 Å². The Morgan fingerprint density at radius 2 is 1.06 bits per heavy atom. The van der Waals surface area contributed by atoms with Gasteiger partial charge in [-0.3, -0.25) is 0 Å². The van der Waals surface area contributed by atoms with Gasteiger partial charge < -0.3 is 10.2 Å². The minimum atomic E-state index is 0.806. The minimum Gasteiger partial charge on any atom is -0.330 e. The molecule has 0 saturated heterocycles. The van der Waals surface area contributed by atoms with Crippen LogP contribution < -0.4 is 5.73 Å². The maximum atomic E-state index is 5.81. The first-order valence-corrected chi connectivity index (χ1v) is 14.1. The van der Waals surface area contributed by atoms with Crippen LogP contribution in [0, 0.1) is 5.92 Å². The molecule has 1 aromatic rings. The fourth-order valence-corrected chi connectivity index (χ4v) is 4.93. The highest BCUT2D eigenvalue weighted by Crippen LogP contribution is 2.17. The Kier molecular flexibility index (Phi) is 17.9. The van der Waals surface area contributed by atoms with E-state index in [1.807, 2.05) is 0 Å². The molecule has 0 bridgehead atoms. The number of hydrogen-bond donors (Lipinski definition) is 1. The normalized spacial score (nSPS) is 13.5. The van der Waals surface area contributed by atoms with Crippen molar-refractivity contribution < 1.29 is 4.48 Å². The molecule has 0 saturated carbocycles. The zero-order chi connectivity index (χ0) is 23.3. The smallest absolute Gasteiger partial charge is 0.104 e. The number of unbranched alkanes of at least 4 members (excludes halogenated alkanes) is 13. The zero-order valence-electron chi connectivity index (χ0n) is 22.1. The lowest BCUT2D eigenvalue weighted by Gasteiger charge is -2.35. The van der Waals surface area contributed by atoms with Crippen LogP contribution in [-0.4, -0.2) is 31.2 Å². The third-order valence-corrected chi connectivity index (χ3v) is 7.04. The van der Waals surface area contributed by atoms with Gasteiger partial charge in [0.05, 0.1) is 20.1 Å². The molecule has 1 unspecified atom stereocenters. The van der Waals surface area contributed by atoms with Crippen LogP contribution in [0.1, 0.15) is 122 Å². The van der Waals surface area contributed by atoms with Crippen LogP contribution in [0.15, 0.2) is 30.3 Å². The standard InChI is InChI=1S/C30H57N2/c1-29(2)22-17-14-12-10-8-6-4-5-7-9-11-13-15-20-26-32(3,27-21-25-31)28-30-23-18-16-19-24-30/h16,18-19,23-24,29H,4-15,17,20-22,25-28,31H2,1-3H3/q+1. The van der Waals surface area contributed by atoms with Crippen molar-refractivity contribution in [1.29, 1.82) is 0 Å². The van der Waals surface area contributed by atoms with Gasteiger partial charge in [0.1, 0.15) is 6.54 Å². The number of nitrogens with two attached hydrogens (primary N) is 1. The molecule has 0 aliphatic carbocycles. The topological polar surface area (TPSA) is 26.0 Å². The van der Waals surface area contributed by atoms with Crippen molar-refractivity contribution in [2.45, 2.75) is 123 Å². The highest BCUT2D eigenvalue weighted by Gasteiger charge is 2.21. The van der Waals surface area contributed by atoms with Crippen LogP contribution in [0.2, 0.25) is 0 Å². The summed E-state index contributed by atoms with van der Waals surface area (Å²) in [6.07, 6.45) is 22.7. The fraction of sp³-hybridized carbons (Fsp3) is 0.800. The van der Waals surface area contributed by atoms with E-state index in [0.717, 1.165) is 29.9 Å². The van der Waals surface area contributed by atoms with Gasteiger partial charge in [-0.05, 0) is 25.3 Å². The third kappa shape index (κ3) is 16.7. The fourth-order valence-electron chi connectivity index (χ4n) is 4.93. The number of hydrogen-bond acceptors (Lipinski definition) is 1. The average Bonchev–Trinajstić information content (AvgIpc) is 2.78. The quantitative estimate of drug-likeness (QED) is 0.140. The van der Waals surface area contributed by atoms with E-state index in [1.165, 1.54) is 115 Å². The molecule has 2 N–H and O–H groups in total. The summed E-state index contributed by atoms with van der Waals surface area (Å²) in [7, 11) is 2.42. The van der Waals surface area contributed by atoms with Gasteiger partial charge in [0.15, 0.2) is 0 Å². The first-order chi connectivity index (χ1) is 15.6. The number of quaternary nitrogens is 1. The Morgan fingerprint density at radius 1 is 0.625 bits per heavy atom. The SMILES string of the molecule is CC(C)CCCCCCCCCCCCCCCC[N+](C)(CCCN)Cc1ccccc1. The van der Waals surface area contributed by atoms with Crippen molar-refractivity contribution in [3.63, 3.8) is 0 Å². The van der Waals surface area contributed by atoms with E-state index in [2.05, 4.69) is 51.2 Å². The van der Waals surface area contributed by atoms with Gasteiger partial charge >= 0.3 is 0 Å². The molecule has 0 aromatic heterocycles. The molecule has 0 amide bonds. The summed E-state index contributed by atoms with van der Waals surface area (Å²) in [4.78, 5) is 0. The molecular weight excluding hydrogens is 388 g/mol. The summed E-state index contributed by atoms with van der Waals surface area (Å²) >= 11 is 0. The van der Waals surface area contributed by atoms with Crippen molar-refractivity contribution in [3.8, 4) is 0 Å². The van der Waals surface area contributed by atoms with Crippen molar-refractivity contribution in [2.75, 3.05) is 26.7 Å².